The van der Waals surface area contributed by atoms with Crippen molar-refractivity contribution in [3.05, 3.63) is 29.8 Å². The van der Waals surface area contributed by atoms with E-state index in [2.05, 4.69) is 36.1 Å². The molecule has 0 radical (unpaired) electrons. The van der Waals surface area contributed by atoms with E-state index in [1.807, 2.05) is 6.92 Å². The van der Waals surface area contributed by atoms with E-state index in [4.69, 9.17) is 0 Å². The zero-order valence-corrected chi connectivity index (χ0v) is 10.2. The third kappa shape index (κ3) is 2.22. The van der Waals surface area contributed by atoms with Crippen LogP contribution < -0.4 is 4.90 Å². The fourth-order valence-electron chi connectivity index (χ4n) is 2.44. The Bertz CT molecular complexity index is 333. The number of aliphatic hydroxyl groups is 1. The van der Waals surface area contributed by atoms with Crippen molar-refractivity contribution in [2.75, 3.05) is 11.4 Å². The minimum Gasteiger partial charge on any atom is -0.388 e. The summed E-state index contributed by atoms with van der Waals surface area (Å²) in [5, 5.41) is 9.72. The number of anilines is 1. The summed E-state index contributed by atoms with van der Waals surface area (Å²) in [7, 11) is 0. The highest BCUT2D eigenvalue weighted by Crippen LogP contribution is 2.27. The van der Waals surface area contributed by atoms with Crippen LogP contribution in [0.4, 0.5) is 5.69 Å². The van der Waals surface area contributed by atoms with E-state index in [-0.39, 0.29) is 6.10 Å². The van der Waals surface area contributed by atoms with E-state index >= 15 is 0 Å². The molecule has 0 saturated carbocycles. The molecule has 2 heteroatoms. The quantitative estimate of drug-likeness (QED) is 0.844. The van der Waals surface area contributed by atoms with Crippen LogP contribution in [0.1, 0.15) is 44.8 Å². The summed E-state index contributed by atoms with van der Waals surface area (Å²) in [6.07, 6.45) is 3.05. The second-order valence-electron chi connectivity index (χ2n) is 4.70. The van der Waals surface area contributed by atoms with Crippen LogP contribution in [-0.4, -0.2) is 17.7 Å². The number of nitrogens with zero attached hydrogens (tertiary/aromatic N) is 1. The van der Waals surface area contributed by atoms with Gasteiger partial charge in [-0.15, -0.1) is 0 Å². The third-order valence-corrected chi connectivity index (χ3v) is 3.55. The van der Waals surface area contributed by atoms with Gasteiger partial charge in [-0.05, 0) is 43.9 Å². The van der Waals surface area contributed by atoms with Crippen molar-refractivity contribution in [1.29, 1.82) is 0 Å². The first-order valence-electron chi connectivity index (χ1n) is 6.27. The van der Waals surface area contributed by atoms with E-state index in [9.17, 15) is 5.11 Å². The fraction of sp³-hybridized carbons (Fsp3) is 0.571. The minimum absolute atomic E-state index is 0.315. The van der Waals surface area contributed by atoms with Gasteiger partial charge in [-0.25, -0.2) is 0 Å². The molecule has 0 aromatic heterocycles. The van der Waals surface area contributed by atoms with Gasteiger partial charge in [0.2, 0.25) is 0 Å². The van der Waals surface area contributed by atoms with Crippen LogP contribution in [0.3, 0.4) is 0 Å². The molecule has 1 aromatic rings. The first kappa shape index (κ1) is 11.5. The largest absolute Gasteiger partial charge is 0.388 e. The molecule has 1 saturated heterocycles. The average molecular weight is 219 g/mol. The summed E-state index contributed by atoms with van der Waals surface area (Å²) < 4.78 is 0. The van der Waals surface area contributed by atoms with Gasteiger partial charge < -0.3 is 10.0 Å². The molecule has 2 nitrogen and oxygen atoms in total. The van der Waals surface area contributed by atoms with Crippen LogP contribution in [0.15, 0.2) is 24.3 Å². The van der Waals surface area contributed by atoms with Crippen molar-refractivity contribution < 1.29 is 5.11 Å². The molecule has 1 N–H and O–H groups in total. The molecule has 0 bridgehead atoms. The second kappa shape index (κ2) is 4.88. The number of hydrogen-bond acceptors (Lipinski definition) is 2. The molecular weight excluding hydrogens is 198 g/mol. The van der Waals surface area contributed by atoms with Gasteiger partial charge in [-0.1, -0.05) is 19.1 Å². The van der Waals surface area contributed by atoms with Crippen molar-refractivity contribution in [3.8, 4) is 0 Å². The van der Waals surface area contributed by atoms with Gasteiger partial charge in [0.05, 0.1) is 6.10 Å². The van der Waals surface area contributed by atoms with Crippen LogP contribution in [0.25, 0.3) is 0 Å². The smallest absolute Gasteiger partial charge is 0.0787 e. The van der Waals surface area contributed by atoms with Gasteiger partial charge in [0.15, 0.2) is 0 Å². The predicted octanol–water partition coefficient (Wildman–Crippen LogP) is 3.12. The lowest BCUT2D eigenvalue weighted by molar-refractivity contribution is 0.173. The Morgan fingerprint density at radius 2 is 2.06 bits per heavy atom. The zero-order valence-electron chi connectivity index (χ0n) is 10.2. The van der Waals surface area contributed by atoms with E-state index < -0.39 is 0 Å². The monoisotopic (exact) mass is 219 g/mol. The van der Waals surface area contributed by atoms with Gasteiger partial charge in [0.25, 0.3) is 0 Å². The van der Waals surface area contributed by atoms with E-state index in [1.165, 1.54) is 18.5 Å². The maximum Gasteiger partial charge on any atom is 0.0787 e. The molecule has 1 heterocycles. The lowest BCUT2D eigenvalue weighted by atomic mass is 10.1. The molecule has 0 spiro atoms. The van der Waals surface area contributed by atoms with Gasteiger partial charge >= 0.3 is 0 Å². The molecule has 1 fully saturated rings. The number of hydrogen-bond donors (Lipinski definition) is 1. The summed E-state index contributed by atoms with van der Waals surface area (Å²) in [6, 6.07) is 9.02. The zero-order chi connectivity index (χ0) is 11.5. The molecule has 1 aliphatic heterocycles. The van der Waals surface area contributed by atoms with Crippen LogP contribution in [0, 0.1) is 0 Å². The summed E-state index contributed by atoms with van der Waals surface area (Å²) in [4.78, 5) is 2.45. The summed E-state index contributed by atoms with van der Waals surface area (Å²) in [5.41, 5.74) is 2.31. The van der Waals surface area contributed by atoms with Crippen LogP contribution in [0.2, 0.25) is 0 Å². The van der Waals surface area contributed by atoms with Crippen LogP contribution in [-0.2, 0) is 0 Å². The topological polar surface area (TPSA) is 23.5 Å². The maximum atomic E-state index is 9.72. The Balaban J connectivity index is 2.12. The molecular formula is C14H21NO. The van der Waals surface area contributed by atoms with E-state index in [1.54, 1.807) is 0 Å². The standard InChI is InChI=1S/C14H21NO/c1-3-14(16)12-6-8-13(9-7-12)15-10-4-5-11(15)2/h6-9,11,14,16H,3-5,10H2,1-2H3/t11?,14-/m1/s1. The first-order chi connectivity index (χ1) is 7.72. The summed E-state index contributed by atoms with van der Waals surface area (Å²) in [6.45, 7) is 5.44. The Morgan fingerprint density at radius 1 is 1.38 bits per heavy atom. The maximum absolute atomic E-state index is 9.72. The van der Waals surface area contributed by atoms with Crippen molar-refractivity contribution in [3.63, 3.8) is 0 Å². The SMILES string of the molecule is CC[C@@H](O)c1ccc(N2CCCC2C)cc1. The molecule has 2 atom stereocenters. The first-order valence-corrected chi connectivity index (χ1v) is 6.27. The highest BCUT2D eigenvalue weighted by molar-refractivity contribution is 5.49. The van der Waals surface area contributed by atoms with Crippen molar-refractivity contribution in [2.24, 2.45) is 0 Å². The Kier molecular flexibility index (Phi) is 3.49. The van der Waals surface area contributed by atoms with E-state index in [0.29, 0.717) is 6.04 Å². The molecule has 2 rings (SSSR count). The predicted molar refractivity (Wildman–Crippen MR) is 67.7 cm³/mol. The molecule has 0 aliphatic carbocycles. The number of benzene rings is 1. The molecule has 0 amide bonds. The van der Waals surface area contributed by atoms with Crippen molar-refractivity contribution in [1.82, 2.24) is 0 Å². The summed E-state index contributed by atoms with van der Waals surface area (Å²) in [5.74, 6) is 0. The Hall–Kier alpha value is -1.02. The molecule has 88 valence electrons. The number of aliphatic hydroxyl groups excluding tert-OH is 1. The second-order valence-corrected chi connectivity index (χ2v) is 4.70. The molecule has 1 unspecified atom stereocenters. The minimum atomic E-state index is -0.315. The average Bonchev–Trinajstić information content (AvgIpc) is 2.75. The molecule has 1 aliphatic rings. The van der Waals surface area contributed by atoms with Crippen LogP contribution in [0.5, 0.6) is 0 Å². The van der Waals surface area contributed by atoms with Gasteiger partial charge in [-0.2, -0.15) is 0 Å². The number of rotatable bonds is 3. The van der Waals surface area contributed by atoms with Gasteiger partial charge in [-0.3, -0.25) is 0 Å². The van der Waals surface area contributed by atoms with Crippen molar-refractivity contribution >= 4 is 5.69 Å². The van der Waals surface area contributed by atoms with Crippen LogP contribution >= 0.6 is 0 Å². The fourth-order valence-corrected chi connectivity index (χ4v) is 2.44. The Morgan fingerprint density at radius 3 is 2.56 bits per heavy atom. The lowest BCUT2D eigenvalue weighted by Crippen LogP contribution is -2.26. The van der Waals surface area contributed by atoms with E-state index in [0.717, 1.165) is 18.5 Å². The normalized spacial score (nSPS) is 22.4. The highest BCUT2D eigenvalue weighted by atomic mass is 16.3. The third-order valence-electron chi connectivity index (χ3n) is 3.55. The molecule has 16 heavy (non-hydrogen) atoms. The van der Waals surface area contributed by atoms with Gasteiger partial charge in [0.1, 0.15) is 0 Å². The summed E-state index contributed by atoms with van der Waals surface area (Å²) >= 11 is 0. The highest BCUT2D eigenvalue weighted by Gasteiger charge is 2.20. The van der Waals surface area contributed by atoms with Crippen molar-refractivity contribution in [2.45, 2.75) is 45.3 Å². The lowest BCUT2D eigenvalue weighted by Gasteiger charge is -2.24. The Labute approximate surface area is 97.9 Å². The van der Waals surface area contributed by atoms with Gasteiger partial charge in [0, 0.05) is 18.3 Å². The molecule has 1 aromatic carbocycles.